The summed E-state index contributed by atoms with van der Waals surface area (Å²) in [6.45, 7) is 1.99. The molecular formula is C25H34Cl2N8O4. The highest BCUT2D eigenvalue weighted by Crippen LogP contribution is 2.28. The summed E-state index contributed by atoms with van der Waals surface area (Å²) in [5, 5.41) is 19.5. The summed E-state index contributed by atoms with van der Waals surface area (Å²) in [6, 6.07) is 6.26. The Bertz CT molecular complexity index is 1140. The fourth-order valence-electron chi connectivity index (χ4n) is 4.73. The summed E-state index contributed by atoms with van der Waals surface area (Å²) in [6.07, 6.45) is 1.83. The van der Waals surface area contributed by atoms with Crippen LogP contribution in [0.15, 0.2) is 24.3 Å². The highest BCUT2D eigenvalue weighted by Gasteiger charge is 2.37. The van der Waals surface area contributed by atoms with E-state index in [1.165, 1.54) is 4.90 Å². The van der Waals surface area contributed by atoms with E-state index in [0.717, 1.165) is 18.4 Å². The Morgan fingerprint density at radius 3 is 2.59 bits per heavy atom. The number of carbonyl (C=O) groups excluding carboxylic acids is 2. The number of piperazine rings is 1. The van der Waals surface area contributed by atoms with Gasteiger partial charge in [-0.05, 0) is 30.9 Å². The number of hydrogen-bond acceptors (Lipinski definition) is 10. The molecule has 4 rings (SSSR count). The van der Waals surface area contributed by atoms with Gasteiger partial charge in [0.05, 0.1) is 12.6 Å². The first-order chi connectivity index (χ1) is 18.9. The van der Waals surface area contributed by atoms with Crippen molar-refractivity contribution >= 4 is 52.9 Å². The zero-order valence-corrected chi connectivity index (χ0v) is 23.3. The van der Waals surface area contributed by atoms with Crippen molar-refractivity contribution in [2.75, 3.05) is 67.9 Å². The van der Waals surface area contributed by atoms with Crippen molar-refractivity contribution in [1.29, 1.82) is 0 Å². The van der Waals surface area contributed by atoms with Gasteiger partial charge in [0, 0.05) is 51.0 Å². The number of nitrogens with one attached hydrogen (secondary N) is 3. The van der Waals surface area contributed by atoms with E-state index in [2.05, 4.69) is 30.9 Å². The summed E-state index contributed by atoms with van der Waals surface area (Å²) in [4.78, 5) is 42.9. The molecule has 212 valence electrons. The molecule has 0 bridgehead atoms. The molecule has 2 fully saturated rings. The van der Waals surface area contributed by atoms with Crippen LogP contribution in [0.2, 0.25) is 5.02 Å². The third kappa shape index (κ3) is 7.38. The van der Waals surface area contributed by atoms with Gasteiger partial charge in [-0.2, -0.15) is 15.0 Å². The van der Waals surface area contributed by atoms with Crippen molar-refractivity contribution in [3.8, 4) is 0 Å². The lowest BCUT2D eigenvalue weighted by molar-refractivity contribution is -0.139. The molecule has 2 aliphatic heterocycles. The van der Waals surface area contributed by atoms with E-state index >= 15 is 0 Å². The minimum absolute atomic E-state index is 0.00767. The van der Waals surface area contributed by atoms with Gasteiger partial charge in [-0.25, -0.2) is 0 Å². The van der Waals surface area contributed by atoms with Crippen LogP contribution in [0.1, 0.15) is 30.9 Å². The summed E-state index contributed by atoms with van der Waals surface area (Å²) >= 11 is 12.3. The van der Waals surface area contributed by atoms with Crippen LogP contribution in [-0.4, -0.2) is 101 Å². The van der Waals surface area contributed by atoms with Gasteiger partial charge in [0.2, 0.25) is 29.7 Å². The van der Waals surface area contributed by atoms with Crippen molar-refractivity contribution < 1.29 is 19.4 Å². The molecule has 2 unspecified atom stereocenters. The van der Waals surface area contributed by atoms with Crippen LogP contribution >= 0.6 is 23.2 Å². The normalized spacial score (nSPS) is 18.9. The molecule has 1 aromatic heterocycles. The second-order valence-electron chi connectivity index (χ2n) is 9.34. The maximum atomic E-state index is 13.3. The standard InChI is InChI=1S/C25H34Cl2N8O4/c1-28-23-31-24(30-19(6-11-36)17-4-2-3-5-18(17)27)33-25(32-23)34-9-10-35(21(37)14-26)20(15-34)22(38)29-16-7-12-39-13-8-16/h2-5,16,19-20,36H,6-15H2,1H3,(H,29,38)(H2,28,30,31,32,33). The van der Waals surface area contributed by atoms with Crippen LogP contribution in [0.3, 0.4) is 0 Å². The average molecular weight is 582 g/mol. The molecule has 0 spiro atoms. The number of anilines is 3. The van der Waals surface area contributed by atoms with Gasteiger partial charge < -0.3 is 35.6 Å². The van der Waals surface area contributed by atoms with Crippen LogP contribution in [0.25, 0.3) is 0 Å². The van der Waals surface area contributed by atoms with Crippen molar-refractivity contribution in [3.63, 3.8) is 0 Å². The third-order valence-corrected chi connectivity index (χ3v) is 7.39. The fourth-order valence-corrected chi connectivity index (χ4v) is 5.16. The Morgan fingerprint density at radius 1 is 1.15 bits per heavy atom. The van der Waals surface area contributed by atoms with Gasteiger partial charge in [0.15, 0.2) is 0 Å². The highest BCUT2D eigenvalue weighted by atomic mass is 35.5. The van der Waals surface area contributed by atoms with E-state index in [0.29, 0.717) is 43.1 Å². The molecule has 2 atom stereocenters. The molecular weight excluding hydrogens is 547 g/mol. The molecule has 0 saturated carbocycles. The van der Waals surface area contributed by atoms with Gasteiger partial charge in [-0.1, -0.05) is 29.8 Å². The molecule has 4 N–H and O–H groups in total. The summed E-state index contributed by atoms with van der Waals surface area (Å²) < 4.78 is 5.39. The van der Waals surface area contributed by atoms with Gasteiger partial charge in [0.25, 0.3) is 0 Å². The average Bonchev–Trinajstić information content (AvgIpc) is 2.96. The molecule has 0 radical (unpaired) electrons. The van der Waals surface area contributed by atoms with E-state index in [1.807, 2.05) is 23.1 Å². The lowest BCUT2D eigenvalue weighted by atomic mass is 10.0. The first-order valence-corrected chi connectivity index (χ1v) is 13.9. The predicted molar refractivity (Wildman–Crippen MR) is 149 cm³/mol. The van der Waals surface area contributed by atoms with Gasteiger partial charge in [-0.3, -0.25) is 9.59 Å². The Morgan fingerprint density at radius 2 is 1.90 bits per heavy atom. The SMILES string of the molecule is CNc1nc(NC(CCO)c2ccccc2Cl)nc(N2CCN(C(=O)CCl)C(C(=O)NC3CCOCC3)C2)n1. The van der Waals surface area contributed by atoms with Gasteiger partial charge in [0.1, 0.15) is 11.9 Å². The molecule has 1 aromatic carbocycles. The second kappa shape index (κ2) is 13.9. The van der Waals surface area contributed by atoms with Crippen LogP contribution < -0.4 is 20.9 Å². The number of nitrogens with zero attached hydrogens (tertiary/aromatic N) is 5. The minimum atomic E-state index is -0.760. The number of ether oxygens (including phenoxy) is 1. The van der Waals surface area contributed by atoms with Crippen LogP contribution in [0.5, 0.6) is 0 Å². The molecule has 2 saturated heterocycles. The van der Waals surface area contributed by atoms with Crippen LogP contribution in [-0.2, 0) is 14.3 Å². The van der Waals surface area contributed by atoms with Crippen molar-refractivity contribution in [2.45, 2.75) is 37.4 Å². The van der Waals surface area contributed by atoms with Crippen molar-refractivity contribution in [2.24, 2.45) is 0 Å². The smallest absolute Gasteiger partial charge is 0.244 e. The lowest BCUT2D eigenvalue weighted by Gasteiger charge is -2.41. The van der Waals surface area contributed by atoms with E-state index in [-0.39, 0.29) is 55.4 Å². The summed E-state index contributed by atoms with van der Waals surface area (Å²) in [7, 11) is 1.70. The molecule has 2 aliphatic rings. The third-order valence-electron chi connectivity index (χ3n) is 6.82. The van der Waals surface area contributed by atoms with Crippen molar-refractivity contribution in [3.05, 3.63) is 34.9 Å². The van der Waals surface area contributed by atoms with E-state index in [4.69, 9.17) is 27.9 Å². The minimum Gasteiger partial charge on any atom is -0.396 e. The number of aromatic nitrogens is 3. The van der Waals surface area contributed by atoms with E-state index in [9.17, 15) is 14.7 Å². The molecule has 0 aliphatic carbocycles. The van der Waals surface area contributed by atoms with Crippen molar-refractivity contribution in [1.82, 2.24) is 25.2 Å². The van der Waals surface area contributed by atoms with E-state index < -0.39 is 6.04 Å². The maximum Gasteiger partial charge on any atom is 0.244 e. The zero-order chi connectivity index (χ0) is 27.8. The first-order valence-electron chi connectivity index (χ1n) is 13.0. The molecule has 39 heavy (non-hydrogen) atoms. The summed E-state index contributed by atoms with van der Waals surface area (Å²) in [5.41, 5.74) is 0.805. The number of alkyl halides is 1. The number of amides is 2. The Labute approximate surface area is 237 Å². The fraction of sp³-hybridized carbons (Fsp3) is 0.560. The number of rotatable bonds is 10. The van der Waals surface area contributed by atoms with E-state index in [1.54, 1.807) is 13.1 Å². The predicted octanol–water partition coefficient (Wildman–Crippen LogP) is 1.65. The first kappa shape index (κ1) is 29.1. The molecule has 2 aromatic rings. The molecule has 3 heterocycles. The number of carbonyl (C=O) groups is 2. The monoisotopic (exact) mass is 580 g/mol. The van der Waals surface area contributed by atoms with Gasteiger partial charge >= 0.3 is 0 Å². The molecule has 2 amide bonds. The Hall–Kier alpha value is -2.93. The van der Waals surface area contributed by atoms with Crippen LogP contribution in [0, 0.1) is 0 Å². The number of halogens is 2. The molecule has 14 heteroatoms. The van der Waals surface area contributed by atoms with Gasteiger partial charge in [-0.15, -0.1) is 11.6 Å². The largest absolute Gasteiger partial charge is 0.396 e. The number of benzene rings is 1. The number of hydrogen-bond donors (Lipinski definition) is 4. The maximum absolute atomic E-state index is 13.3. The van der Waals surface area contributed by atoms with Crippen LogP contribution in [0.4, 0.5) is 17.8 Å². The Balaban J connectivity index is 1.57. The molecule has 12 nitrogen and oxygen atoms in total. The Kier molecular flexibility index (Phi) is 10.4. The quantitative estimate of drug-likeness (QED) is 0.306. The second-order valence-corrected chi connectivity index (χ2v) is 10.0. The number of aliphatic hydroxyl groups is 1. The topological polar surface area (TPSA) is 145 Å². The highest BCUT2D eigenvalue weighted by molar-refractivity contribution is 6.31. The lowest BCUT2D eigenvalue weighted by Crippen LogP contribution is -2.62. The zero-order valence-electron chi connectivity index (χ0n) is 21.8. The number of aliphatic hydroxyl groups excluding tert-OH is 1. The summed E-state index contributed by atoms with van der Waals surface area (Å²) in [5.74, 6) is 0.202.